The Kier molecular flexibility index (Phi) is 6.06. The topological polar surface area (TPSA) is 57.7 Å². The van der Waals surface area contributed by atoms with E-state index in [-0.39, 0.29) is 5.91 Å². The number of anilines is 1. The highest BCUT2D eigenvalue weighted by Crippen LogP contribution is 2.34. The zero-order valence-corrected chi connectivity index (χ0v) is 18.2. The first kappa shape index (κ1) is 20.3. The molecule has 1 amide bonds. The molecule has 0 aliphatic carbocycles. The van der Waals surface area contributed by atoms with Crippen molar-refractivity contribution in [3.05, 3.63) is 60.3 Å². The summed E-state index contributed by atoms with van der Waals surface area (Å²) in [4.78, 5) is 22.3. The van der Waals surface area contributed by atoms with Crippen molar-refractivity contribution >= 4 is 34.3 Å². The molecule has 31 heavy (non-hydrogen) atoms. The second kappa shape index (κ2) is 9.26. The summed E-state index contributed by atoms with van der Waals surface area (Å²) in [7, 11) is 0. The van der Waals surface area contributed by atoms with Crippen molar-refractivity contribution in [2.24, 2.45) is 0 Å². The van der Waals surface area contributed by atoms with Crippen LogP contribution in [0.2, 0.25) is 0 Å². The molecule has 5 rings (SSSR count). The van der Waals surface area contributed by atoms with Gasteiger partial charge in [0.1, 0.15) is 12.4 Å². The van der Waals surface area contributed by atoms with Gasteiger partial charge < -0.3 is 10.1 Å². The Hall–Kier alpha value is -2.61. The highest BCUT2D eigenvalue weighted by Gasteiger charge is 2.18. The summed E-state index contributed by atoms with van der Waals surface area (Å²) in [5.74, 6) is 1.39. The molecule has 1 fully saturated rings. The van der Waals surface area contributed by atoms with E-state index >= 15 is 0 Å². The normalized spacial score (nSPS) is 17.4. The van der Waals surface area contributed by atoms with E-state index in [1.165, 1.54) is 5.39 Å². The Bertz CT molecular complexity index is 1080. The number of fused-ring (bicyclic) bond motifs is 2. The van der Waals surface area contributed by atoms with E-state index in [2.05, 4.69) is 45.4 Å². The van der Waals surface area contributed by atoms with Crippen LogP contribution in [0.3, 0.4) is 0 Å². The molecule has 160 valence electrons. The molecule has 3 heterocycles. The van der Waals surface area contributed by atoms with Gasteiger partial charge in [0, 0.05) is 49.6 Å². The Morgan fingerprint density at radius 2 is 1.84 bits per heavy atom. The number of rotatable bonds is 6. The standard InChI is InChI=1S/C24H26N4O2S/c29-24-17-31-23-15-20(7-8-22(23)26-24)30-14-13-27-9-11-28(12-10-27)16-19-6-5-18-3-1-2-4-21(18)25-19/h1-8,15H,9-14,16-17H2,(H,26,29). The number of thioether (sulfide) groups is 1. The van der Waals surface area contributed by atoms with E-state index in [0.717, 1.165) is 66.8 Å². The van der Waals surface area contributed by atoms with Gasteiger partial charge in [-0.3, -0.25) is 19.6 Å². The fourth-order valence-electron chi connectivity index (χ4n) is 4.03. The highest BCUT2D eigenvalue weighted by molar-refractivity contribution is 8.00. The largest absolute Gasteiger partial charge is 0.492 e. The minimum absolute atomic E-state index is 0.0571. The third-order valence-corrected chi connectivity index (χ3v) is 6.82. The van der Waals surface area contributed by atoms with Crippen molar-refractivity contribution in [1.82, 2.24) is 14.8 Å². The van der Waals surface area contributed by atoms with E-state index in [1.807, 2.05) is 24.3 Å². The number of hydrogen-bond donors (Lipinski definition) is 1. The first-order valence-corrected chi connectivity index (χ1v) is 11.7. The van der Waals surface area contributed by atoms with Crippen LogP contribution in [0.4, 0.5) is 5.69 Å². The molecule has 2 aliphatic heterocycles. The first-order valence-electron chi connectivity index (χ1n) is 10.7. The van der Waals surface area contributed by atoms with Gasteiger partial charge in [-0.2, -0.15) is 0 Å². The Balaban J connectivity index is 1.07. The summed E-state index contributed by atoms with van der Waals surface area (Å²) < 4.78 is 5.97. The smallest absolute Gasteiger partial charge is 0.234 e. The van der Waals surface area contributed by atoms with Crippen LogP contribution in [0.25, 0.3) is 10.9 Å². The van der Waals surface area contributed by atoms with Crippen molar-refractivity contribution in [2.75, 3.05) is 50.4 Å². The van der Waals surface area contributed by atoms with E-state index in [9.17, 15) is 4.79 Å². The molecule has 6 nitrogen and oxygen atoms in total. The lowest BCUT2D eigenvalue weighted by Crippen LogP contribution is -2.47. The van der Waals surface area contributed by atoms with Gasteiger partial charge in [-0.15, -0.1) is 11.8 Å². The van der Waals surface area contributed by atoms with Crippen LogP contribution in [0.5, 0.6) is 5.75 Å². The third-order valence-electron chi connectivity index (χ3n) is 5.77. The zero-order valence-electron chi connectivity index (χ0n) is 17.4. The van der Waals surface area contributed by atoms with Crippen LogP contribution < -0.4 is 10.1 Å². The third kappa shape index (κ3) is 5.01. The lowest BCUT2D eigenvalue weighted by Gasteiger charge is -2.34. The first-order chi connectivity index (χ1) is 15.2. The quantitative estimate of drug-likeness (QED) is 0.641. The number of carbonyl (C=O) groups is 1. The lowest BCUT2D eigenvalue weighted by atomic mass is 10.2. The van der Waals surface area contributed by atoms with E-state index < -0.39 is 0 Å². The van der Waals surface area contributed by atoms with Gasteiger partial charge in [-0.25, -0.2) is 0 Å². The van der Waals surface area contributed by atoms with Gasteiger partial charge in [-0.1, -0.05) is 24.3 Å². The van der Waals surface area contributed by atoms with Gasteiger partial charge in [0.25, 0.3) is 0 Å². The number of nitrogens with zero attached hydrogens (tertiary/aromatic N) is 3. The maximum atomic E-state index is 11.5. The average Bonchev–Trinajstić information content (AvgIpc) is 2.80. The van der Waals surface area contributed by atoms with E-state index in [1.54, 1.807) is 11.8 Å². The van der Waals surface area contributed by atoms with Crippen LogP contribution in [-0.2, 0) is 11.3 Å². The number of nitrogens with one attached hydrogen (secondary N) is 1. The lowest BCUT2D eigenvalue weighted by molar-refractivity contribution is -0.113. The summed E-state index contributed by atoms with van der Waals surface area (Å²) in [6.45, 7) is 6.67. The maximum Gasteiger partial charge on any atom is 0.234 e. The SMILES string of the molecule is O=C1CSc2cc(OCCN3CCN(Cc4ccc5ccccc5n4)CC3)ccc2N1. The molecular weight excluding hydrogens is 408 g/mol. The monoisotopic (exact) mass is 434 g/mol. The van der Waals surface area contributed by atoms with Crippen molar-refractivity contribution < 1.29 is 9.53 Å². The summed E-state index contributed by atoms with van der Waals surface area (Å²) >= 11 is 1.56. The van der Waals surface area contributed by atoms with Gasteiger partial charge in [0.2, 0.25) is 5.91 Å². The minimum Gasteiger partial charge on any atom is -0.492 e. The fraction of sp³-hybridized carbons (Fsp3) is 0.333. The molecule has 1 saturated heterocycles. The van der Waals surface area contributed by atoms with Crippen molar-refractivity contribution in [2.45, 2.75) is 11.4 Å². The molecule has 0 saturated carbocycles. The molecular formula is C24H26N4O2S. The van der Waals surface area contributed by atoms with Crippen molar-refractivity contribution in [3.63, 3.8) is 0 Å². The van der Waals surface area contributed by atoms with Crippen LogP contribution in [0.1, 0.15) is 5.69 Å². The van der Waals surface area contributed by atoms with Crippen molar-refractivity contribution in [3.8, 4) is 5.75 Å². The number of benzene rings is 2. The average molecular weight is 435 g/mol. The number of aromatic nitrogens is 1. The maximum absolute atomic E-state index is 11.5. The van der Waals surface area contributed by atoms with Gasteiger partial charge >= 0.3 is 0 Å². The number of pyridine rings is 1. The van der Waals surface area contributed by atoms with Crippen LogP contribution >= 0.6 is 11.8 Å². The number of ether oxygens (including phenoxy) is 1. The number of piperazine rings is 1. The van der Waals surface area contributed by atoms with Crippen LogP contribution in [-0.4, -0.2) is 65.8 Å². The van der Waals surface area contributed by atoms with Crippen molar-refractivity contribution in [1.29, 1.82) is 0 Å². The molecule has 0 spiro atoms. The highest BCUT2D eigenvalue weighted by atomic mass is 32.2. The Morgan fingerprint density at radius 1 is 1.00 bits per heavy atom. The summed E-state index contributed by atoms with van der Waals surface area (Å²) in [6.07, 6.45) is 0. The predicted molar refractivity (Wildman–Crippen MR) is 125 cm³/mol. The minimum atomic E-state index is 0.0571. The molecule has 0 unspecified atom stereocenters. The summed E-state index contributed by atoms with van der Waals surface area (Å²) in [6, 6.07) is 18.5. The van der Waals surface area contributed by atoms with E-state index in [4.69, 9.17) is 9.72 Å². The fourth-order valence-corrected chi connectivity index (χ4v) is 4.87. The summed E-state index contributed by atoms with van der Waals surface area (Å²) in [5, 5.41) is 4.09. The van der Waals surface area contributed by atoms with Gasteiger partial charge in [-0.05, 0) is 30.3 Å². The van der Waals surface area contributed by atoms with Gasteiger partial charge in [0.05, 0.1) is 22.7 Å². The number of para-hydroxylation sites is 1. The molecule has 0 bridgehead atoms. The van der Waals surface area contributed by atoms with Gasteiger partial charge in [0.15, 0.2) is 0 Å². The number of carbonyl (C=O) groups excluding carboxylic acids is 1. The second-order valence-electron chi connectivity index (χ2n) is 7.96. The van der Waals surface area contributed by atoms with E-state index in [0.29, 0.717) is 12.4 Å². The molecule has 2 aliphatic rings. The molecule has 0 atom stereocenters. The number of hydrogen-bond acceptors (Lipinski definition) is 6. The van der Waals surface area contributed by atoms with Crippen LogP contribution in [0, 0.1) is 0 Å². The Morgan fingerprint density at radius 3 is 2.74 bits per heavy atom. The molecule has 7 heteroatoms. The zero-order chi connectivity index (χ0) is 21.0. The molecule has 3 aromatic rings. The predicted octanol–water partition coefficient (Wildman–Crippen LogP) is 3.48. The molecule has 2 aromatic carbocycles. The molecule has 0 radical (unpaired) electrons. The second-order valence-corrected chi connectivity index (χ2v) is 8.97. The summed E-state index contributed by atoms with van der Waals surface area (Å²) in [5.41, 5.74) is 3.08. The molecule has 1 N–H and O–H groups in total. The molecule has 1 aromatic heterocycles. The number of amides is 1. The Labute approximate surface area is 186 Å². The van der Waals surface area contributed by atoms with Crippen LogP contribution in [0.15, 0.2) is 59.5 Å².